The fraction of sp³-hybridized carbons (Fsp3) is 0.238. The van der Waals surface area contributed by atoms with Crippen LogP contribution >= 0.6 is 11.3 Å². The van der Waals surface area contributed by atoms with Crippen LogP contribution in [0.4, 0.5) is 30.2 Å². The maximum Gasteiger partial charge on any atom is 0.415 e. The zero-order valence-electron chi connectivity index (χ0n) is 16.6. The van der Waals surface area contributed by atoms with Crippen molar-refractivity contribution in [2.24, 2.45) is 0 Å². The Kier molecular flexibility index (Phi) is 5.60. The SMILES string of the molecule is [C-]#[N+]c1cc(C(F)(F)F)ccc1N1C[C@H](C)Oc2cc(S(=O)(=O)Cc3nccs3)ccc21. The number of hydrogen-bond acceptors (Lipinski definition) is 6. The van der Waals surface area contributed by atoms with E-state index < -0.39 is 21.6 Å². The normalized spacial score (nSPS) is 16.2. The second kappa shape index (κ2) is 8.11. The Morgan fingerprint density at radius 2 is 2.00 bits per heavy atom. The van der Waals surface area contributed by atoms with E-state index in [4.69, 9.17) is 11.3 Å². The number of benzene rings is 2. The summed E-state index contributed by atoms with van der Waals surface area (Å²) < 4.78 is 70.7. The van der Waals surface area contributed by atoms with Gasteiger partial charge in [-0.15, -0.1) is 11.3 Å². The first-order valence-corrected chi connectivity index (χ1v) is 11.9. The number of rotatable bonds is 4. The molecule has 0 saturated heterocycles. The second-order valence-corrected chi connectivity index (χ2v) is 10.1. The summed E-state index contributed by atoms with van der Waals surface area (Å²) in [6, 6.07) is 7.37. The van der Waals surface area contributed by atoms with Crippen LogP contribution in [0.15, 0.2) is 52.9 Å². The molecular formula is C21H16F3N3O3S2. The quantitative estimate of drug-likeness (QED) is 0.456. The number of halogens is 3. The van der Waals surface area contributed by atoms with E-state index >= 15 is 0 Å². The number of hydrogen-bond donors (Lipinski definition) is 0. The Morgan fingerprint density at radius 1 is 1.25 bits per heavy atom. The molecule has 2 aromatic carbocycles. The van der Waals surface area contributed by atoms with Crippen molar-refractivity contribution in [1.82, 2.24) is 4.98 Å². The first-order valence-electron chi connectivity index (χ1n) is 9.36. The van der Waals surface area contributed by atoms with Crippen molar-refractivity contribution in [3.8, 4) is 5.75 Å². The van der Waals surface area contributed by atoms with Crippen LogP contribution in [0.2, 0.25) is 0 Å². The molecule has 0 unspecified atom stereocenters. The Labute approximate surface area is 186 Å². The summed E-state index contributed by atoms with van der Waals surface area (Å²) in [5.74, 6) is 0.0311. The van der Waals surface area contributed by atoms with Gasteiger partial charge in [0, 0.05) is 28.9 Å². The molecule has 0 aliphatic carbocycles. The van der Waals surface area contributed by atoms with Crippen molar-refractivity contribution >= 4 is 38.2 Å². The number of sulfone groups is 1. The van der Waals surface area contributed by atoms with Gasteiger partial charge >= 0.3 is 6.18 Å². The van der Waals surface area contributed by atoms with Gasteiger partial charge in [-0.1, -0.05) is 6.07 Å². The fourth-order valence-corrected chi connectivity index (χ4v) is 5.70. The van der Waals surface area contributed by atoms with Gasteiger partial charge in [0.1, 0.15) is 22.6 Å². The predicted octanol–water partition coefficient (Wildman–Crippen LogP) is 5.61. The van der Waals surface area contributed by atoms with Crippen molar-refractivity contribution in [2.45, 2.75) is 29.9 Å². The molecule has 1 atom stereocenters. The van der Waals surface area contributed by atoms with E-state index in [1.165, 1.54) is 35.7 Å². The maximum atomic E-state index is 13.1. The smallest absolute Gasteiger partial charge is 0.415 e. The molecule has 1 aliphatic heterocycles. The van der Waals surface area contributed by atoms with Gasteiger partial charge < -0.3 is 9.64 Å². The summed E-state index contributed by atoms with van der Waals surface area (Å²) in [5, 5.41) is 2.16. The van der Waals surface area contributed by atoms with Gasteiger partial charge in [-0.05, 0) is 31.2 Å². The fourth-order valence-electron chi connectivity index (χ4n) is 3.43. The molecule has 1 aromatic heterocycles. The minimum absolute atomic E-state index is 0.0540. The van der Waals surface area contributed by atoms with Crippen LogP contribution in [-0.4, -0.2) is 26.1 Å². The molecule has 0 N–H and O–H groups in total. The standard InChI is InChI=1S/C21H16F3N3O3S2/c1-13-11-27(17-5-3-14(21(22,23)24)9-16(17)25-2)18-6-4-15(10-19(18)30-13)32(28,29)12-20-26-7-8-31-20/h3-10,13H,11-12H2,1H3/t13-/m0/s1. The van der Waals surface area contributed by atoms with Crippen LogP contribution < -0.4 is 9.64 Å². The van der Waals surface area contributed by atoms with Gasteiger partial charge in [-0.3, -0.25) is 0 Å². The number of anilines is 2. The number of thiazole rings is 1. The molecule has 32 heavy (non-hydrogen) atoms. The van der Waals surface area contributed by atoms with Crippen molar-refractivity contribution in [1.29, 1.82) is 0 Å². The van der Waals surface area contributed by atoms with Crippen molar-refractivity contribution in [3.05, 3.63) is 70.0 Å². The molecule has 4 rings (SSSR count). The first kappa shape index (κ1) is 22.1. The molecule has 0 saturated carbocycles. The predicted molar refractivity (Wildman–Crippen MR) is 114 cm³/mol. The van der Waals surface area contributed by atoms with Gasteiger partial charge in [0.15, 0.2) is 9.84 Å². The van der Waals surface area contributed by atoms with Crippen molar-refractivity contribution < 1.29 is 26.3 Å². The second-order valence-electron chi connectivity index (χ2n) is 7.17. The lowest BCUT2D eigenvalue weighted by atomic mass is 10.1. The van der Waals surface area contributed by atoms with E-state index in [-0.39, 0.29) is 34.7 Å². The third kappa shape index (κ3) is 4.28. The highest BCUT2D eigenvalue weighted by Crippen LogP contribution is 2.44. The van der Waals surface area contributed by atoms with Crippen LogP contribution in [0.5, 0.6) is 5.75 Å². The van der Waals surface area contributed by atoms with E-state index in [2.05, 4.69) is 9.83 Å². The minimum atomic E-state index is -4.56. The van der Waals surface area contributed by atoms with E-state index in [0.717, 1.165) is 12.1 Å². The van der Waals surface area contributed by atoms with Crippen molar-refractivity contribution in [3.63, 3.8) is 0 Å². The van der Waals surface area contributed by atoms with Crippen LogP contribution in [0.3, 0.4) is 0 Å². The van der Waals surface area contributed by atoms with Gasteiger partial charge in [0.25, 0.3) is 0 Å². The Morgan fingerprint density at radius 3 is 2.66 bits per heavy atom. The molecular weight excluding hydrogens is 463 g/mol. The van der Waals surface area contributed by atoms with Crippen LogP contribution in [-0.2, 0) is 21.8 Å². The average molecular weight is 480 g/mol. The monoisotopic (exact) mass is 479 g/mol. The minimum Gasteiger partial charge on any atom is -0.487 e. The molecule has 0 bridgehead atoms. The largest absolute Gasteiger partial charge is 0.487 e. The molecule has 166 valence electrons. The van der Waals surface area contributed by atoms with E-state index in [1.807, 2.05) is 0 Å². The summed E-state index contributed by atoms with van der Waals surface area (Å²) in [7, 11) is -3.68. The highest BCUT2D eigenvalue weighted by Gasteiger charge is 2.33. The Hall–Kier alpha value is -3.10. The third-order valence-corrected chi connectivity index (χ3v) is 7.45. The average Bonchev–Trinajstić information content (AvgIpc) is 3.23. The number of alkyl halides is 3. The molecule has 0 spiro atoms. The van der Waals surface area contributed by atoms with Crippen LogP contribution in [0.25, 0.3) is 4.85 Å². The van der Waals surface area contributed by atoms with Crippen molar-refractivity contribution in [2.75, 3.05) is 11.4 Å². The zero-order chi connectivity index (χ0) is 23.1. The molecule has 1 aliphatic rings. The topological polar surface area (TPSA) is 63.9 Å². The molecule has 0 amide bonds. The van der Waals surface area contributed by atoms with E-state index in [9.17, 15) is 21.6 Å². The van der Waals surface area contributed by atoms with E-state index in [1.54, 1.807) is 23.3 Å². The van der Waals surface area contributed by atoms with E-state index in [0.29, 0.717) is 16.4 Å². The number of ether oxygens (including phenoxy) is 1. The lowest BCUT2D eigenvalue weighted by Crippen LogP contribution is -2.35. The summed E-state index contributed by atoms with van der Waals surface area (Å²) >= 11 is 1.24. The number of fused-ring (bicyclic) bond motifs is 1. The summed E-state index contributed by atoms with van der Waals surface area (Å²) in [6.45, 7) is 9.41. The lowest BCUT2D eigenvalue weighted by molar-refractivity contribution is -0.137. The highest BCUT2D eigenvalue weighted by atomic mass is 32.2. The lowest BCUT2D eigenvalue weighted by Gasteiger charge is -2.36. The van der Waals surface area contributed by atoms with Gasteiger partial charge in [-0.25, -0.2) is 18.2 Å². The van der Waals surface area contributed by atoms with Gasteiger partial charge in [0.2, 0.25) is 5.69 Å². The molecule has 11 heteroatoms. The maximum absolute atomic E-state index is 13.1. The third-order valence-electron chi connectivity index (χ3n) is 4.86. The van der Waals surface area contributed by atoms with Crippen LogP contribution in [0, 0.1) is 6.57 Å². The molecule has 0 radical (unpaired) electrons. The molecule has 2 heterocycles. The molecule has 0 fully saturated rings. The summed E-state index contributed by atoms with van der Waals surface area (Å²) in [6.07, 6.45) is -3.42. The summed E-state index contributed by atoms with van der Waals surface area (Å²) in [4.78, 5) is 9.02. The Bertz CT molecular complexity index is 1300. The van der Waals surface area contributed by atoms with Crippen LogP contribution in [0.1, 0.15) is 17.5 Å². The molecule has 6 nitrogen and oxygen atoms in total. The highest BCUT2D eigenvalue weighted by molar-refractivity contribution is 7.90. The summed E-state index contributed by atoms with van der Waals surface area (Å²) in [5.41, 5.74) is -0.290. The zero-order valence-corrected chi connectivity index (χ0v) is 18.3. The first-order chi connectivity index (χ1) is 15.1. The number of nitrogens with zero attached hydrogens (tertiary/aromatic N) is 3. The van der Waals surface area contributed by atoms with Gasteiger partial charge in [-0.2, -0.15) is 13.2 Å². The molecule has 3 aromatic rings. The Balaban J connectivity index is 1.74. The van der Waals surface area contributed by atoms with Gasteiger partial charge in [0.05, 0.1) is 23.7 Å². The number of aromatic nitrogens is 1.